The number of ether oxygens (including phenoxy) is 2. The first-order valence-electron chi connectivity index (χ1n) is 9.78. The van der Waals surface area contributed by atoms with Crippen LogP contribution >= 0.6 is 0 Å². The van der Waals surface area contributed by atoms with Gasteiger partial charge in [0, 0.05) is 51.5 Å². The average Bonchev–Trinajstić information content (AvgIpc) is 3.21. The number of rotatable bonds is 10. The average molecular weight is 366 g/mol. The van der Waals surface area contributed by atoms with E-state index >= 15 is 0 Å². The molecule has 2 N–H and O–H groups in total. The Kier molecular flexibility index (Phi) is 8.91. The normalized spacial score (nSPS) is 17.7. The van der Waals surface area contributed by atoms with Crippen LogP contribution in [0.1, 0.15) is 36.7 Å². The van der Waals surface area contributed by atoms with Crippen LogP contribution in [-0.4, -0.2) is 61.8 Å². The summed E-state index contributed by atoms with van der Waals surface area (Å²) in [6.07, 6.45) is 3.01. The second kappa shape index (κ2) is 11.2. The molecule has 0 bridgehead atoms. The van der Waals surface area contributed by atoms with Crippen molar-refractivity contribution in [2.45, 2.75) is 40.0 Å². The number of hydrogen-bond acceptors (Lipinski definition) is 4. The lowest BCUT2D eigenvalue weighted by Crippen LogP contribution is -2.38. The Labute approximate surface area is 157 Å². The van der Waals surface area contributed by atoms with Gasteiger partial charge >= 0.3 is 0 Å². The third-order valence-corrected chi connectivity index (χ3v) is 4.76. The van der Waals surface area contributed by atoms with Crippen LogP contribution in [0.25, 0.3) is 0 Å². The van der Waals surface area contributed by atoms with Crippen LogP contribution in [0.4, 0.5) is 0 Å². The molecule has 0 spiro atoms. The summed E-state index contributed by atoms with van der Waals surface area (Å²) < 4.78 is 13.0. The lowest BCUT2D eigenvalue weighted by molar-refractivity contribution is 0.0893. The molecule has 0 amide bonds. The zero-order chi connectivity index (χ0) is 18.8. The van der Waals surface area contributed by atoms with Crippen molar-refractivity contribution in [1.82, 2.24) is 20.4 Å². The number of aryl methyl sites for hydroxylation is 2. The molecule has 2 heterocycles. The molecule has 0 aliphatic carbocycles. The van der Waals surface area contributed by atoms with Crippen molar-refractivity contribution in [3.05, 3.63) is 17.0 Å². The molecule has 7 heteroatoms. The summed E-state index contributed by atoms with van der Waals surface area (Å²) in [5.74, 6) is 1.45. The van der Waals surface area contributed by atoms with Gasteiger partial charge in [0.15, 0.2) is 5.96 Å². The molecule has 1 aromatic heterocycles. The van der Waals surface area contributed by atoms with Crippen molar-refractivity contribution in [2.24, 2.45) is 18.0 Å². The van der Waals surface area contributed by atoms with Crippen LogP contribution in [0, 0.1) is 19.8 Å². The molecule has 0 saturated carbocycles. The minimum Gasteiger partial charge on any atom is -0.381 e. The van der Waals surface area contributed by atoms with Gasteiger partial charge in [-0.15, -0.1) is 0 Å². The topological polar surface area (TPSA) is 72.7 Å². The van der Waals surface area contributed by atoms with Crippen LogP contribution in [0.2, 0.25) is 0 Å². The van der Waals surface area contributed by atoms with Crippen molar-refractivity contribution in [3.63, 3.8) is 0 Å². The first-order chi connectivity index (χ1) is 12.6. The fourth-order valence-electron chi connectivity index (χ4n) is 3.15. The van der Waals surface area contributed by atoms with Gasteiger partial charge in [-0.05, 0) is 45.6 Å². The maximum absolute atomic E-state index is 5.73. The summed E-state index contributed by atoms with van der Waals surface area (Å²) >= 11 is 0. The quantitative estimate of drug-likeness (QED) is 0.374. The van der Waals surface area contributed by atoms with E-state index in [4.69, 9.17) is 9.47 Å². The molecule has 148 valence electrons. The Morgan fingerprint density at radius 1 is 1.38 bits per heavy atom. The van der Waals surface area contributed by atoms with Crippen LogP contribution in [-0.2, 0) is 22.9 Å². The van der Waals surface area contributed by atoms with E-state index in [0.29, 0.717) is 5.92 Å². The van der Waals surface area contributed by atoms with E-state index in [1.54, 1.807) is 0 Å². The van der Waals surface area contributed by atoms with Gasteiger partial charge in [-0.1, -0.05) is 0 Å². The lowest BCUT2D eigenvalue weighted by Gasteiger charge is -2.12. The van der Waals surface area contributed by atoms with Crippen molar-refractivity contribution in [1.29, 1.82) is 0 Å². The van der Waals surface area contributed by atoms with Crippen LogP contribution in [0.15, 0.2) is 4.99 Å². The smallest absolute Gasteiger partial charge is 0.191 e. The molecule has 7 nitrogen and oxygen atoms in total. The van der Waals surface area contributed by atoms with Crippen molar-refractivity contribution < 1.29 is 9.47 Å². The standard InChI is InChI=1S/C19H35N5O2/c1-5-20-19(21-9-6-11-25-13-17-8-12-26-14-17)22-10-7-18-15(2)23-24(4)16(18)3/h17H,5-14H2,1-4H3,(H2,20,21,22). The molecule has 1 aliphatic rings. The van der Waals surface area contributed by atoms with Gasteiger partial charge in [0.25, 0.3) is 0 Å². The number of aliphatic imine (C=N–C) groups is 1. The summed E-state index contributed by atoms with van der Waals surface area (Å²) in [5, 5.41) is 11.2. The third kappa shape index (κ3) is 6.61. The van der Waals surface area contributed by atoms with E-state index in [1.807, 2.05) is 11.7 Å². The highest BCUT2D eigenvalue weighted by atomic mass is 16.5. The Morgan fingerprint density at radius 3 is 2.88 bits per heavy atom. The zero-order valence-electron chi connectivity index (χ0n) is 16.8. The van der Waals surface area contributed by atoms with Gasteiger partial charge in [0.2, 0.25) is 0 Å². The molecule has 0 radical (unpaired) electrons. The second-order valence-electron chi connectivity index (χ2n) is 6.87. The molecule has 26 heavy (non-hydrogen) atoms. The van der Waals surface area contributed by atoms with E-state index in [-0.39, 0.29) is 0 Å². The number of hydrogen-bond donors (Lipinski definition) is 2. The van der Waals surface area contributed by atoms with Gasteiger partial charge in [-0.3, -0.25) is 9.67 Å². The van der Waals surface area contributed by atoms with Gasteiger partial charge in [-0.25, -0.2) is 0 Å². The second-order valence-corrected chi connectivity index (χ2v) is 6.87. The zero-order valence-corrected chi connectivity index (χ0v) is 16.8. The van der Waals surface area contributed by atoms with Crippen LogP contribution < -0.4 is 10.6 Å². The number of guanidine groups is 1. The van der Waals surface area contributed by atoms with Crippen molar-refractivity contribution in [2.75, 3.05) is 46.1 Å². The molecule has 1 unspecified atom stereocenters. The Morgan fingerprint density at radius 2 is 2.23 bits per heavy atom. The van der Waals surface area contributed by atoms with Gasteiger partial charge in [-0.2, -0.15) is 5.10 Å². The summed E-state index contributed by atoms with van der Waals surface area (Å²) in [6, 6.07) is 0. The predicted molar refractivity (Wildman–Crippen MR) is 105 cm³/mol. The number of nitrogens with one attached hydrogen (secondary N) is 2. The minimum atomic E-state index is 0.580. The Bertz CT molecular complexity index is 565. The van der Waals surface area contributed by atoms with Gasteiger partial charge < -0.3 is 20.1 Å². The predicted octanol–water partition coefficient (Wildman–Crippen LogP) is 1.58. The summed E-state index contributed by atoms with van der Waals surface area (Å²) in [6.45, 7) is 12.0. The van der Waals surface area contributed by atoms with Gasteiger partial charge in [0.05, 0.1) is 18.9 Å². The highest BCUT2D eigenvalue weighted by Gasteiger charge is 2.15. The third-order valence-electron chi connectivity index (χ3n) is 4.76. The van der Waals surface area contributed by atoms with E-state index in [1.165, 1.54) is 11.3 Å². The Hall–Kier alpha value is -1.60. The Balaban J connectivity index is 1.65. The maximum atomic E-state index is 5.73. The highest BCUT2D eigenvalue weighted by Crippen LogP contribution is 2.12. The molecule has 0 aromatic carbocycles. The number of aromatic nitrogens is 2. The monoisotopic (exact) mass is 365 g/mol. The molecular formula is C19H35N5O2. The van der Waals surface area contributed by atoms with Gasteiger partial charge in [0.1, 0.15) is 0 Å². The largest absolute Gasteiger partial charge is 0.381 e. The number of nitrogens with zero attached hydrogens (tertiary/aromatic N) is 3. The maximum Gasteiger partial charge on any atom is 0.191 e. The van der Waals surface area contributed by atoms with E-state index in [0.717, 1.165) is 77.0 Å². The fourth-order valence-corrected chi connectivity index (χ4v) is 3.15. The van der Waals surface area contributed by atoms with E-state index < -0.39 is 0 Å². The first-order valence-corrected chi connectivity index (χ1v) is 9.78. The SMILES string of the molecule is CCNC(=NCCCOCC1CCOC1)NCCc1c(C)nn(C)c1C. The molecule has 1 fully saturated rings. The van der Waals surface area contributed by atoms with E-state index in [9.17, 15) is 0 Å². The van der Waals surface area contributed by atoms with Crippen LogP contribution in [0.5, 0.6) is 0 Å². The molecular weight excluding hydrogens is 330 g/mol. The van der Waals surface area contributed by atoms with E-state index in [2.05, 4.69) is 41.5 Å². The molecule has 1 aliphatic heterocycles. The summed E-state index contributed by atoms with van der Waals surface area (Å²) in [7, 11) is 1.99. The lowest BCUT2D eigenvalue weighted by atomic mass is 10.1. The van der Waals surface area contributed by atoms with Crippen LogP contribution in [0.3, 0.4) is 0 Å². The molecule has 2 rings (SSSR count). The highest BCUT2D eigenvalue weighted by molar-refractivity contribution is 5.79. The van der Waals surface area contributed by atoms with Crippen molar-refractivity contribution >= 4 is 5.96 Å². The molecule has 1 aromatic rings. The minimum absolute atomic E-state index is 0.580. The van der Waals surface area contributed by atoms with Crippen molar-refractivity contribution in [3.8, 4) is 0 Å². The first kappa shape index (κ1) is 20.7. The summed E-state index contributed by atoms with van der Waals surface area (Å²) in [4.78, 5) is 4.63. The molecule has 1 atom stereocenters. The molecule has 1 saturated heterocycles. The summed E-state index contributed by atoms with van der Waals surface area (Å²) in [5.41, 5.74) is 3.66. The fraction of sp³-hybridized carbons (Fsp3) is 0.789.